The molecule has 16 heavy (non-hydrogen) atoms. The molecule has 1 heterocycles. The van der Waals surface area contributed by atoms with Crippen LogP contribution in [-0.2, 0) is 6.42 Å². The van der Waals surface area contributed by atoms with Gasteiger partial charge in [0.1, 0.15) is 0 Å². The number of rotatable bonds is 3. The summed E-state index contributed by atoms with van der Waals surface area (Å²) >= 11 is 5.10. The maximum atomic E-state index is 10.2. The highest BCUT2D eigenvalue weighted by Crippen LogP contribution is 2.25. The Labute approximate surface area is 108 Å². The molecule has 0 amide bonds. The maximum Gasteiger partial charge on any atom is 0.0833 e. The van der Waals surface area contributed by atoms with Crippen LogP contribution in [0.1, 0.15) is 22.8 Å². The van der Waals surface area contributed by atoms with E-state index in [0.717, 1.165) is 15.6 Å². The number of halogens is 1. The van der Waals surface area contributed by atoms with Gasteiger partial charge >= 0.3 is 0 Å². The van der Waals surface area contributed by atoms with Crippen molar-refractivity contribution >= 4 is 27.3 Å². The van der Waals surface area contributed by atoms with E-state index in [4.69, 9.17) is 0 Å². The van der Waals surface area contributed by atoms with Gasteiger partial charge in [-0.05, 0) is 52.6 Å². The molecule has 0 aliphatic rings. The second-order valence-corrected chi connectivity index (χ2v) is 5.55. The number of aryl methyl sites for hydroxylation is 1. The van der Waals surface area contributed by atoms with E-state index in [-0.39, 0.29) is 0 Å². The van der Waals surface area contributed by atoms with Gasteiger partial charge in [-0.15, -0.1) is 0 Å². The molecule has 1 unspecified atom stereocenters. The van der Waals surface area contributed by atoms with Crippen LogP contribution < -0.4 is 0 Å². The minimum Gasteiger partial charge on any atom is -0.388 e. The van der Waals surface area contributed by atoms with Gasteiger partial charge in [-0.1, -0.05) is 22.0 Å². The summed E-state index contributed by atoms with van der Waals surface area (Å²) in [5, 5.41) is 14.3. The molecule has 1 N–H and O–H groups in total. The Morgan fingerprint density at radius 2 is 2.19 bits per heavy atom. The lowest BCUT2D eigenvalue weighted by Gasteiger charge is -2.13. The predicted octanol–water partition coefficient (Wildman–Crippen LogP) is 4.10. The Kier molecular flexibility index (Phi) is 3.79. The molecule has 2 rings (SSSR count). The van der Waals surface area contributed by atoms with E-state index in [1.165, 1.54) is 5.56 Å². The number of hydrogen-bond donors (Lipinski definition) is 1. The summed E-state index contributed by atoms with van der Waals surface area (Å²) < 4.78 is 1.01. The topological polar surface area (TPSA) is 20.2 Å². The Balaban J connectivity index is 2.20. The molecule has 0 aliphatic heterocycles. The standard InChI is InChI=1S/C13H13BrOS/c1-9-2-3-11(14)7-12(9)13(15)6-10-4-5-16-8-10/h2-5,7-8,13,15H,6H2,1H3. The Morgan fingerprint density at radius 3 is 2.88 bits per heavy atom. The number of hydrogen-bond acceptors (Lipinski definition) is 2. The van der Waals surface area contributed by atoms with Crippen molar-refractivity contribution in [3.8, 4) is 0 Å². The zero-order chi connectivity index (χ0) is 11.5. The van der Waals surface area contributed by atoms with E-state index in [2.05, 4.69) is 27.4 Å². The summed E-state index contributed by atoms with van der Waals surface area (Å²) in [7, 11) is 0. The third-order valence-electron chi connectivity index (χ3n) is 2.61. The molecule has 0 saturated heterocycles. The molecular weight excluding hydrogens is 284 g/mol. The molecular formula is C13H13BrOS. The van der Waals surface area contributed by atoms with Crippen molar-refractivity contribution in [3.05, 3.63) is 56.2 Å². The molecule has 0 fully saturated rings. The van der Waals surface area contributed by atoms with E-state index in [9.17, 15) is 5.11 Å². The minimum absolute atomic E-state index is 0.424. The average Bonchev–Trinajstić information content (AvgIpc) is 2.74. The first-order valence-electron chi connectivity index (χ1n) is 5.12. The highest BCUT2D eigenvalue weighted by Gasteiger charge is 2.11. The quantitative estimate of drug-likeness (QED) is 0.904. The first-order chi connectivity index (χ1) is 7.66. The number of aliphatic hydroxyl groups is 1. The summed E-state index contributed by atoms with van der Waals surface area (Å²) in [4.78, 5) is 0. The van der Waals surface area contributed by atoms with Crippen molar-refractivity contribution in [2.45, 2.75) is 19.4 Å². The van der Waals surface area contributed by atoms with Crippen molar-refractivity contribution in [1.82, 2.24) is 0 Å². The van der Waals surface area contributed by atoms with Crippen LogP contribution in [0, 0.1) is 6.92 Å². The third kappa shape index (κ3) is 2.73. The Morgan fingerprint density at radius 1 is 1.38 bits per heavy atom. The van der Waals surface area contributed by atoms with Gasteiger partial charge in [-0.2, -0.15) is 11.3 Å². The number of benzene rings is 1. The fraction of sp³-hybridized carbons (Fsp3) is 0.231. The second-order valence-electron chi connectivity index (χ2n) is 3.85. The van der Waals surface area contributed by atoms with Gasteiger partial charge in [-0.25, -0.2) is 0 Å². The maximum absolute atomic E-state index is 10.2. The van der Waals surface area contributed by atoms with Gasteiger partial charge in [0.15, 0.2) is 0 Å². The molecule has 0 saturated carbocycles. The molecule has 1 aromatic heterocycles. The SMILES string of the molecule is Cc1ccc(Br)cc1C(O)Cc1ccsc1. The number of thiophene rings is 1. The van der Waals surface area contributed by atoms with Crippen LogP contribution in [0.5, 0.6) is 0 Å². The molecule has 1 aromatic carbocycles. The predicted molar refractivity (Wildman–Crippen MR) is 71.9 cm³/mol. The van der Waals surface area contributed by atoms with E-state index in [1.807, 2.05) is 30.5 Å². The van der Waals surface area contributed by atoms with Gasteiger partial charge in [0.05, 0.1) is 6.10 Å². The van der Waals surface area contributed by atoms with Crippen molar-refractivity contribution in [2.24, 2.45) is 0 Å². The summed E-state index contributed by atoms with van der Waals surface area (Å²) in [6.07, 6.45) is 0.257. The van der Waals surface area contributed by atoms with Crippen LogP contribution in [0.25, 0.3) is 0 Å². The van der Waals surface area contributed by atoms with Gasteiger partial charge in [0, 0.05) is 10.9 Å². The van der Waals surface area contributed by atoms with E-state index < -0.39 is 6.10 Å². The van der Waals surface area contributed by atoms with E-state index in [0.29, 0.717) is 6.42 Å². The molecule has 0 bridgehead atoms. The zero-order valence-electron chi connectivity index (χ0n) is 8.98. The summed E-state index contributed by atoms with van der Waals surface area (Å²) in [5.41, 5.74) is 3.32. The van der Waals surface area contributed by atoms with Crippen molar-refractivity contribution in [1.29, 1.82) is 0 Å². The van der Waals surface area contributed by atoms with Crippen LogP contribution in [-0.4, -0.2) is 5.11 Å². The molecule has 1 atom stereocenters. The van der Waals surface area contributed by atoms with Crippen molar-refractivity contribution < 1.29 is 5.11 Å². The lowest BCUT2D eigenvalue weighted by molar-refractivity contribution is 0.178. The normalized spacial score (nSPS) is 12.7. The molecule has 0 spiro atoms. The third-order valence-corrected chi connectivity index (χ3v) is 3.83. The van der Waals surface area contributed by atoms with Gasteiger partial charge in [0.2, 0.25) is 0 Å². The van der Waals surface area contributed by atoms with Gasteiger partial charge in [0.25, 0.3) is 0 Å². The lowest BCUT2D eigenvalue weighted by Crippen LogP contribution is -2.03. The molecule has 84 valence electrons. The molecule has 2 aromatic rings. The highest BCUT2D eigenvalue weighted by molar-refractivity contribution is 9.10. The summed E-state index contributed by atoms with van der Waals surface area (Å²) in [5.74, 6) is 0. The Bertz CT molecular complexity index is 465. The first kappa shape index (κ1) is 11.8. The molecule has 1 nitrogen and oxygen atoms in total. The van der Waals surface area contributed by atoms with Crippen LogP contribution in [0.2, 0.25) is 0 Å². The lowest BCUT2D eigenvalue weighted by atomic mass is 9.99. The van der Waals surface area contributed by atoms with Gasteiger partial charge in [-0.3, -0.25) is 0 Å². The summed E-state index contributed by atoms with van der Waals surface area (Å²) in [6.45, 7) is 2.03. The van der Waals surface area contributed by atoms with E-state index >= 15 is 0 Å². The molecule has 0 radical (unpaired) electrons. The monoisotopic (exact) mass is 296 g/mol. The fourth-order valence-corrected chi connectivity index (χ4v) is 2.77. The zero-order valence-corrected chi connectivity index (χ0v) is 11.4. The Hall–Kier alpha value is -0.640. The molecule has 3 heteroatoms. The second kappa shape index (κ2) is 5.13. The van der Waals surface area contributed by atoms with E-state index in [1.54, 1.807) is 11.3 Å². The average molecular weight is 297 g/mol. The highest BCUT2D eigenvalue weighted by atomic mass is 79.9. The fourth-order valence-electron chi connectivity index (χ4n) is 1.71. The van der Waals surface area contributed by atoms with Gasteiger partial charge < -0.3 is 5.11 Å². The largest absolute Gasteiger partial charge is 0.388 e. The van der Waals surface area contributed by atoms with Crippen molar-refractivity contribution in [3.63, 3.8) is 0 Å². The van der Waals surface area contributed by atoms with Crippen LogP contribution >= 0.6 is 27.3 Å². The first-order valence-corrected chi connectivity index (χ1v) is 6.85. The van der Waals surface area contributed by atoms with Crippen molar-refractivity contribution in [2.75, 3.05) is 0 Å². The van der Waals surface area contributed by atoms with Crippen LogP contribution in [0.4, 0.5) is 0 Å². The number of aliphatic hydroxyl groups excluding tert-OH is 1. The summed E-state index contributed by atoms with van der Waals surface area (Å²) in [6, 6.07) is 8.07. The van der Waals surface area contributed by atoms with Crippen LogP contribution in [0.15, 0.2) is 39.5 Å². The smallest absolute Gasteiger partial charge is 0.0833 e. The minimum atomic E-state index is -0.424. The van der Waals surface area contributed by atoms with Crippen LogP contribution in [0.3, 0.4) is 0 Å². The molecule has 0 aliphatic carbocycles.